The van der Waals surface area contributed by atoms with Crippen molar-refractivity contribution in [1.82, 2.24) is 4.98 Å². The number of carboxylic acids is 1. The van der Waals surface area contributed by atoms with Gasteiger partial charge in [-0.05, 0) is 35.1 Å². The van der Waals surface area contributed by atoms with E-state index in [4.69, 9.17) is 4.74 Å². The third-order valence-corrected chi connectivity index (χ3v) is 6.34. The summed E-state index contributed by atoms with van der Waals surface area (Å²) in [4.78, 5) is 28.3. The van der Waals surface area contributed by atoms with Crippen molar-refractivity contribution in [3.63, 3.8) is 0 Å². The Labute approximate surface area is 171 Å². The molecule has 1 aromatic heterocycles. The number of aromatic carboxylic acids is 1. The zero-order chi connectivity index (χ0) is 20.0. The van der Waals surface area contributed by atoms with Crippen LogP contribution in [0.2, 0.25) is 0 Å². The average Bonchev–Trinajstić information content (AvgIpc) is 3.40. The standard InChI is InChI=1S/C22H18N2O4S/c25-20(26)19-18(12-9-10-12)23-21(29-19)24-22(27)28-11-17-15-7-3-1-5-13(15)14-6-2-4-8-16(14)17/h1-8,12,17H,9-11H2,(H,25,26)(H,23,24,27). The van der Waals surface area contributed by atoms with Gasteiger partial charge in [0.15, 0.2) is 5.13 Å². The van der Waals surface area contributed by atoms with Crippen LogP contribution in [0.15, 0.2) is 48.5 Å². The van der Waals surface area contributed by atoms with Crippen LogP contribution in [0, 0.1) is 0 Å². The second-order valence-corrected chi connectivity index (χ2v) is 8.26. The number of carbonyl (C=O) groups is 2. The van der Waals surface area contributed by atoms with Gasteiger partial charge < -0.3 is 9.84 Å². The molecule has 0 saturated heterocycles. The molecule has 1 amide bonds. The maximum absolute atomic E-state index is 12.4. The lowest BCUT2D eigenvalue weighted by Crippen LogP contribution is -2.17. The molecule has 7 heteroatoms. The van der Waals surface area contributed by atoms with E-state index in [1.807, 2.05) is 24.3 Å². The van der Waals surface area contributed by atoms with Gasteiger partial charge in [-0.3, -0.25) is 5.32 Å². The second-order valence-electron chi connectivity index (χ2n) is 7.26. The summed E-state index contributed by atoms with van der Waals surface area (Å²) in [5.74, 6) is -0.846. The van der Waals surface area contributed by atoms with Gasteiger partial charge in [-0.15, -0.1) is 0 Å². The Morgan fingerprint density at radius 3 is 2.28 bits per heavy atom. The molecule has 0 unspecified atom stereocenters. The first-order valence-electron chi connectivity index (χ1n) is 9.48. The predicted molar refractivity (Wildman–Crippen MR) is 110 cm³/mol. The van der Waals surface area contributed by atoms with Crippen LogP contribution in [0.4, 0.5) is 9.93 Å². The van der Waals surface area contributed by atoms with Gasteiger partial charge in [0, 0.05) is 11.8 Å². The molecule has 2 aliphatic rings. The lowest BCUT2D eigenvalue weighted by atomic mass is 9.98. The first-order valence-corrected chi connectivity index (χ1v) is 10.3. The fourth-order valence-corrected chi connectivity index (χ4v) is 4.77. The fraction of sp³-hybridized carbons (Fsp3) is 0.227. The normalized spacial score (nSPS) is 14.9. The molecule has 1 fully saturated rings. The molecule has 0 atom stereocenters. The largest absolute Gasteiger partial charge is 0.477 e. The highest BCUT2D eigenvalue weighted by atomic mass is 32.1. The SMILES string of the molecule is O=C(Nc1nc(C2CC2)c(C(=O)O)s1)OCC1c2ccccc2-c2ccccc21. The number of thiazole rings is 1. The van der Waals surface area contributed by atoms with E-state index in [1.54, 1.807) is 0 Å². The van der Waals surface area contributed by atoms with Crippen molar-refractivity contribution < 1.29 is 19.4 Å². The van der Waals surface area contributed by atoms with Gasteiger partial charge >= 0.3 is 12.1 Å². The number of nitrogens with one attached hydrogen (secondary N) is 1. The summed E-state index contributed by atoms with van der Waals surface area (Å²) in [5.41, 5.74) is 5.17. The smallest absolute Gasteiger partial charge is 0.413 e. The lowest BCUT2D eigenvalue weighted by Gasteiger charge is -2.14. The van der Waals surface area contributed by atoms with Crippen molar-refractivity contribution in [1.29, 1.82) is 0 Å². The molecule has 3 aromatic rings. The Morgan fingerprint density at radius 2 is 1.69 bits per heavy atom. The molecular weight excluding hydrogens is 388 g/mol. The minimum atomic E-state index is -1.01. The van der Waals surface area contributed by atoms with Gasteiger partial charge in [0.2, 0.25) is 0 Å². The zero-order valence-electron chi connectivity index (χ0n) is 15.4. The number of rotatable bonds is 5. The number of amides is 1. The Kier molecular flexibility index (Phi) is 4.32. The van der Waals surface area contributed by atoms with Crippen LogP contribution in [0.5, 0.6) is 0 Å². The number of carboxylic acid groups (broad SMARTS) is 1. The molecule has 0 spiro atoms. The van der Waals surface area contributed by atoms with Crippen molar-refractivity contribution in [2.24, 2.45) is 0 Å². The summed E-state index contributed by atoms with van der Waals surface area (Å²) >= 11 is 0.977. The monoisotopic (exact) mass is 406 g/mol. The van der Waals surface area contributed by atoms with Crippen molar-refractivity contribution in [2.45, 2.75) is 24.7 Å². The summed E-state index contributed by atoms with van der Waals surface area (Å²) in [7, 11) is 0. The van der Waals surface area contributed by atoms with Gasteiger partial charge in [-0.25, -0.2) is 14.6 Å². The summed E-state index contributed by atoms with van der Waals surface area (Å²) < 4.78 is 5.50. The van der Waals surface area contributed by atoms with Crippen LogP contribution in [-0.2, 0) is 4.74 Å². The van der Waals surface area contributed by atoms with Crippen molar-refractivity contribution >= 4 is 28.5 Å². The Morgan fingerprint density at radius 1 is 1.07 bits per heavy atom. The number of nitrogens with zero attached hydrogens (tertiary/aromatic N) is 1. The van der Waals surface area contributed by atoms with Crippen LogP contribution in [0.1, 0.15) is 51.2 Å². The number of benzene rings is 2. The second kappa shape index (κ2) is 7.00. The summed E-state index contributed by atoms with van der Waals surface area (Å²) in [6.45, 7) is 0.201. The quantitative estimate of drug-likeness (QED) is 0.617. The van der Waals surface area contributed by atoms with E-state index in [-0.39, 0.29) is 28.5 Å². The Bertz CT molecular complexity index is 1070. The Balaban J connectivity index is 1.30. The third kappa shape index (κ3) is 3.27. The molecule has 1 saturated carbocycles. The van der Waals surface area contributed by atoms with Crippen molar-refractivity contribution in [3.05, 3.63) is 70.2 Å². The molecule has 6 nitrogen and oxygen atoms in total. The number of hydrogen-bond acceptors (Lipinski definition) is 5. The van der Waals surface area contributed by atoms with Gasteiger partial charge in [0.05, 0.1) is 5.69 Å². The average molecular weight is 406 g/mol. The van der Waals surface area contributed by atoms with E-state index in [2.05, 4.69) is 34.6 Å². The molecule has 2 aromatic carbocycles. The fourth-order valence-electron chi connectivity index (χ4n) is 3.89. The predicted octanol–water partition coefficient (Wildman–Crippen LogP) is 5.08. The van der Waals surface area contributed by atoms with Gasteiger partial charge in [0.25, 0.3) is 0 Å². The molecule has 5 rings (SSSR count). The Hall–Kier alpha value is -3.19. The molecule has 29 heavy (non-hydrogen) atoms. The first kappa shape index (κ1) is 17.9. The van der Waals surface area contributed by atoms with Crippen LogP contribution >= 0.6 is 11.3 Å². The van der Waals surface area contributed by atoms with Crippen molar-refractivity contribution in [2.75, 3.05) is 11.9 Å². The summed E-state index contributed by atoms with van der Waals surface area (Å²) in [6, 6.07) is 16.3. The molecule has 1 heterocycles. The van der Waals surface area contributed by atoms with E-state index < -0.39 is 12.1 Å². The minimum absolute atomic E-state index is 0.0268. The highest BCUT2D eigenvalue weighted by molar-refractivity contribution is 7.17. The lowest BCUT2D eigenvalue weighted by molar-refractivity contribution is 0.0700. The number of aromatic nitrogens is 1. The van der Waals surface area contributed by atoms with E-state index in [9.17, 15) is 14.7 Å². The van der Waals surface area contributed by atoms with E-state index >= 15 is 0 Å². The molecule has 146 valence electrons. The zero-order valence-corrected chi connectivity index (χ0v) is 16.2. The highest BCUT2D eigenvalue weighted by Crippen LogP contribution is 2.45. The minimum Gasteiger partial charge on any atom is -0.477 e. The maximum Gasteiger partial charge on any atom is 0.413 e. The van der Waals surface area contributed by atoms with E-state index in [1.165, 1.54) is 0 Å². The summed E-state index contributed by atoms with van der Waals surface area (Å²) in [5, 5.41) is 12.2. The molecule has 2 aliphatic carbocycles. The molecule has 0 aliphatic heterocycles. The van der Waals surface area contributed by atoms with Crippen LogP contribution in [0.25, 0.3) is 11.1 Å². The third-order valence-electron chi connectivity index (χ3n) is 5.36. The summed E-state index contributed by atoms with van der Waals surface area (Å²) in [6.07, 6.45) is 1.25. The van der Waals surface area contributed by atoms with E-state index in [0.717, 1.165) is 46.4 Å². The van der Waals surface area contributed by atoms with Crippen molar-refractivity contribution in [3.8, 4) is 11.1 Å². The van der Waals surface area contributed by atoms with Crippen LogP contribution < -0.4 is 5.32 Å². The number of hydrogen-bond donors (Lipinski definition) is 2. The molecule has 2 N–H and O–H groups in total. The van der Waals surface area contributed by atoms with Gasteiger partial charge in [-0.2, -0.15) is 0 Å². The van der Waals surface area contributed by atoms with E-state index in [0.29, 0.717) is 5.69 Å². The number of fused-ring (bicyclic) bond motifs is 3. The number of carbonyl (C=O) groups excluding carboxylic acids is 1. The topological polar surface area (TPSA) is 88.5 Å². The van der Waals surface area contributed by atoms with Crippen LogP contribution in [-0.4, -0.2) is 28.8 Å². The molecule has 0 radical (unpaired) electrons. The molecule has 0 bridgehead atoms. The van der Waals surface area contributed by atoms with Gasteiger partial charge in [0.1, 0.15) is 11.5 Å². The maximum atomic E-state index is 12.4. The first-order chi connectivity index (χ1) is 14.1. The number of ether oxygens (including phenoxy) is 1. The molecular formula is C22H18N2O4S. The van der Waals surface area contributed by atoms with Crippen LogP contribution in [0.3, 0.4) is 0 Å². The highest BCUT2D eigenvalue weighted by Gasteiger charge is 2.33. The number of anilines is 1. The van der Waals surface area contributed by atoms with Gasteiger partial charge in [-0.1, -0.05) is 59.9 Å².